The van der Waals surface area contributed by atoms with Gasteiger partial charge < -0.3 is 9.88 Å². The molecule has 0 saturated heterocycles. The van der Waals surface area contributed by atoms with Crippen LogP contribution in [0.2, 0.25) is 0 Å². The molecule has 35 heavy (non-hydrogen) atoms. The number of fused-ring (bicyclic) bond motifs is 2. The van der Waals surface area contributed by atoms with Gasteiger partial charge in [-0.15, -0.1) is 0 Å². The largest absolute Gasteiger partial charge is 0.348 e. The summed E-state index contributed by atoms with van der Waals surface area (Å²) < 4.78 is 29.4. The quantitative estimate of drug-likeness (QED) is 0.385. The number of aromatic nitrogens is 3. The van der Waals surface area contributed by atoms with E-state index in [1.165, 1.54) is 39.3 Å². The molecule has 2 aromatic carbocycles. The van der Waals surface area contributed by atoms with Crippen LogP contribution < -0.4 is 16.4 Å². The minimum absolute atomic E-state index is 0.0171. The SMILES string of the molecule is N=c1c(C(=O)NCc2ccc(F)cc2)cc2c(=O)n3ccccc3nc2n1Cc1ccc(F)cc1. The zero-order chi connectivity index (χ0) is 24.5. The number of hydrogen-bond acceptors (Lipinski definition) is 4. The zero-order valence-electron chi connectivity index (χ0n) is 18.3. The molecule has 0 radical (unpaired) electrons. The number of hydrogen-bond donors (Lipinski definition) is 2. The van der Waals surface area contributed by atoms with E-state index in [9.17, 15) is 18.4 Å². The van der Waals surface area contributed by atoms with Crippen molar-refractivity contribution in [2.75, 3.05) is 0 Å². The van der Waals surface area contributed by atoms with Gasteiger partial charge in [0.1, 0.15) is 28.4 Å². The fourth-order valence-electron chi connectivity index (χ4n) is 3.87. The van der Waals surface area contributed by atoms with E-state index in [0.29, 0.717) is 16.8 Å². The highest BCUT2D eigenvalue weighted by Crippen LogP contribution is 2.13. The molecular formula is C26H19F2N5O2. The lowest BCUT2D eigenvalue weighted by atomic mass is 10.1. The number of rotatable bonds is 5. The van der Waals surface area contributed by atoms with E-state index in [0.717, 1.165) is 0 Å². The van der Waals surface area contributed by atoms with E-state index in [2.05, 4.69) is 10.3 Å². The number of carbonyl (C=O) groups excluding carboxylic acids is 1. The van der Waals surface area contributed by atoms with Crippen LogP contribution in [0.4, 0.5) is 8.78 Å². The van der Waals surface area contributed by atoms with Crippen molar-refractivity contribution in [2.24, 2.45) is 0 Å². The summed E-state index contributed by atoms with van der Waals surface area (Å²) >= 11 is 0. The topological polar surface area (TPSA) is 92.2 Å². The van der Waals surface area contributed by atoms with Crippen molar-refractivity contribution in [3.8, 4) is 0 Å². The number of nitrogens with one attached hydrogen (secondary N) is 2. The van der Waals surface area contributed by atoms with Crippen molar-refractivity contribution in [1.82, 2.24) is 19.3 Å². The predicted octanol–water partition coefficient (Wildman–Crippen LogP) is 3.39. The van der Waals surface area contributed by atoms with Gasteiger partial charge in [0, 0.05) is 12.7 Å². The fourth-order valence-corrected chi connectivity index (χ4v) is 3.87. The highest BCUT2D eigenvalue weighted by Gasteiger charge is 2.18. The molecule has 3 aromatic heterocycles. The lowest BCUT2D eigenvalue weighted by Gasteiger charge is -2.15. The average molecular weight is 471 g/mol. The second-order valence-corrected chi connectivity index (χ2v) is 8.01. The molecule has 0 fully saturated rings. The minimum atomic E-state index is -0.563. The van der Waals surface area contributed by atoms with Crippen LogP contribution in [0.1, 0.15) is 21.5 Å². The van der Waals surface area contributed by atoms with Crippen LogP contribution in [0.15, 0.2) is 83.8 Å². The van der Waals surface area contributed by atoms with E-state index in [-0.39, 0.29) is 46.6 Å². The molecule has 0 unspecified atom stereocenters. The zero-order valence-corrected chi connectivity index (χ0v) is 18.3. The summed E-state index contributed by atoms with van der Waals surface area (Å²) in [6.45, 7) is 0.216. The Bertz CT molecular complexity index is 1690. The van der Waals surface area contributed by atoms with Crippen molar-refractivity contribution < 1.29 is 13.6 Å². The standard InChI is InChI=1S/C26H19F2N5O2/c27-18-8-4-16(5-9-18)14-30-25(34)20-13-21-24(31-22-3-1-2-12-32(22)26(21)35)33(23(20)29)15-17-6-10-19(28)11-7-17/h1-13,29H,14-15H2,(H,30,34). The maximum Gasteiger partial charge on any atom is 0.267 e. The average Bonchev–Trinajstić information content (AvgIpc) is 2.86. The molecule has 5 aromatic rings. The highest BCUT2D eigenvalue weighted by atomic mass is 19.1. The Kier molecular flexibility index (Phi) is 5.66. The molecule has 0 saturated carbocycles. The van der Waals surface area contributed by atoms with Crippen molar-refractivity contribution in [3.05, 3.63) is 123 Å². The smallest absolute Gasteiger partial charge is 0.267 e. The molecule has 0 spiro atoms. The van der Waals surface area contributed by atoms with E-state index in [1.807, 2.05) is 0 Å². The van der Waals surface area contributed by atoms with Crippen LogP contribution in [0.5, 0.6) is 0 Å². The van der Waals surface area contributed by atoms with Crippen LogP contribution in [0.25, 0.3) is 16.7 Å². The van der Waals surface area contributed by atoms with Gasteiger partial charge in [-0.05, 0) is 53.6 Å². The molecular weight excluding hydrogens is 452 g/mol. The van der Waals surface area contributed by atoms with Crippen LogP contribution in [0.3, 0.4) is 0 Å². The molecule has 3 heterocycles. The third-order valence-electron chi connectivity index (χ3n) is 5.68. The van der Waals surface area contributed by atoms with Gasteiger partial charge in [-0.2, -0.15) is 0 Å². The molecule has 7 nitrogen and oxygen atoms in total. The van der Waals surface area contributed by atoms with Crippen molar-refractivity contribution >= 4 is 22.6 Å². The van der Waals surface area contributed by atoms with Gasteiger partial charge >= 0.3 is 0 Å². The van der Waals surface area contributed by atoms with Gasteiger partial charge in [-0.3, -0.25) is 19.4 Å². The van der Waals surface area contributed by atoms with Gasteiger partial charge in [0.05, 0.1) is 17.5 Å². The van der Waals surface area contributed by atoms with Gasteiger partial charge in [-0.1, -0.05) is 30.3 Å². The molecule has 174 valence electrons. The molecule has 0 bridgehead atoms. The van der Waals surface area contributed by atoms with Gasteiger partial charge in [0.25, 0.3) is 11.5 Å². The summed E-state index contributed by atoms with van der Waals surface area (Å²) in [5.74, 6) is -1.34. The minimum Gasteiger partial charge on any atom is -0.348 e. The Labute approximate surface area is 197 Å². The molecule has 0 aliphatic heterocycles. The Hall–Kier alpha value is -4.66. The van der Waals surface area contributed by atoms with E-state index in [1.54, 1.807) is 48.7 Å². The first-order valence-electron chi connectivity index (χ1n) is 10.8. The first-order chi connectivity index (χ1) is 16.9. The summed E-state index contributed by atoms with van der Waals surface area (Å²) in [6, 6.07) is 17.9. The van der Waals surface area contributed by atoms with Crippen LogP contribution >= 0.6 is 0 Å². The number of benzene rings is 2. The molecule has 5 rings (SSSR count). The first kappa shape index (κ1) is 22.1. The monoisotopic (exact) mass is 471 g/mol. The van der Waals surface area contributed by atoms with Gasteiger partial charge in [0.2, 0.25) is 0 Å². The first-order valence-corrected chi connectivity index (χ1v) is 10.8. The lowest BCUT2D eigenvalue weighted by Crippen LogP contribution is -2.35. The predicted molar refractivity (Wildman–Crippen MR) is 126 cm³/mol. The second-order valence-electron chi connectivity index (χ2n) is 8.01. The third-order valence-corrected chi connectivity index (χ3v) is 5.68. The fraction of sp³-hybridized carbons (Fsp3) is 0.0769. The van der Waals surface area contributed by atoms with Gasteiger partial charge in [-0.25, -0.2) is 13.8 Å². The molecule has 0 aliphatic rings. The molecule has 2 N–H and O–H groups in total. The molecule has 9 heteroatoms. The Balaban J connectivity index is 1.64. The summed E-state index contributed by atoms with van der Waals surface area (Å²) in [5.41, 5.74) is 1.44. The second kappa shape index (κ2) is 8.94. The number of carbonyl (C=O) groups is 1. The highest BCUT2D eigenvalue weighted by molar-refractivity contribution is 5.96. The van der Waals surface area contributed by atoms with Crippen LogP contribution in [-0.4, -0.2) is 19.9 Å². The lowest BCUT2D eigenvalue weighted by molar-refractivity contribution is 0.0948. The Morgan fingerprint density at radius 1 is 0.943 bits per heavy atom. The van der Waals surface area contributed by atoms with E-state index < -0.39 is 11.7 Å². The van der Waals surface area contributed by atoms with E-state index in [4.69, 9.17) is 5.41 Å². The van der Waals surface area contributed by atoms with Crippen LogP contribution in [0, 0.1) is 17.0 Å². The number of amides is 1. The Morgan fingerprint density at radius 3 is 2.29 bits per heavy atom. The maximum absolute atomic E-state index is 13.4. The molecule has 0 aliphatic carbocycles. The van der Waals surface area contributed by atoms with Crippen molar-refractivity contribution in [2.45, 2.75) is 13.1 Å². The summed E-state index contributed by atoms with van der Waals surface area (Å²) in [4.78, 5) is 30.9. The summed E-state index contributed by atoms with van der Waals surface area (Å²) in [7, 11) is 0. The Morgan fingerprint density at radius 2 is 1.60 bits per heavy atom. The molecule has 0 atom stereocenters. The molecule has 1 amide bonds. The van der Waals surface area contributed by atoms with E-state index >= 15 is 0 Å². The van der Waals surface area contributed by atoms with Gasteiger partial charge in [0.15, 0.2) is 0 Å². The summed E-state index contributed by atoms with van der Waals surface area (Å²) in [6.07, 6.45) is 1.58. The third kappa shape index (κ3) is 4.31. The number of pyridine rings is 2. The summed E-state index contributed by atoms with van der Waals surface area (Å²) in [5, 5.41) is 11.7. The van der Waals surface area contributed by atoms with Crippen molar-refractivity contribution in [1.29, 1.82) is 5.41 Å². The maximum atomic E-state index is 13.4. The normalized spacial score (nSPS) is 11.1. The number of nitrogens with zero attached hydrogens (tertiary/aromatic N) is 3. The van der Waals surface area contributed by atoms with Crippen LogP contribution in [-0.2, 0) is 13.1 Å². The number of halogens is 2. The van der Waals surface area contributed by atoms with Crippen molar-refractivity contribution in [3.63, 3.8) is 0 Å².